The summed E-state index contributed by atoms with van der Waals surface area (Å²) in [5, 5.41) is -1.22. The number of esters is 1. The van der Waals surface area contributed by atoms with Gasteiger partial charge in [0.25, 0.3) is 5.78 Å². The summed E-state index contributed by atoms with van der Waals surface area (Å²) in [6.07, 6.45) is 0. The normalized spacial score (nSPS) is 12.0. The molecule has 0 heterocycles. The minimum atomic E-state index is -1.22. The van der Waals surface area contributed by atoms with Gasteiger partial charge in [-0.25, -0.2) is 9.18 Å². The molecule has 0 aliphatic heterocycles. The van der Waals surface area contributed by atoms with Crippen molar-refractivity contribution in [3.8, 4) is 0 Å². The van der Waals surface area contributed by atoms with Crippen LogP contribution < -0.4 is 0 Å². The highest BCUT2D eigenvalue weighted by Gasteiger charge is 2.25. The summed E-state index contributed by atoms with van der Waals surface area (Å²) in [5.41, 5.74) is 0.679. The Hall–Kier alpha value is -1.42. The number of benzene rings is 1. The molecule has 0 saturated heterocycles. The molecule has 1 unspecified atom stereocenters. The lowest BCUT2D eigenvalue weighted by molar-refractivity contribution is -0.151. The first-order valence-corrected chi connectivity index (χ1v) is 4.93. The molecule has 0 bridgehead atoms. The minimum Gasteiger partial charge on any atom is -0.463 e. The van der Waals surface area contributed by atoms with Crippen LogP contribution in [0, 0.1) is 12.7 Å². The molecule has 0 aromatic heterocycles. The molecule has 0 aliphatic carbocycles. The lowest BCUT2D eigenvalue weighted by Gasteiger charge is -2.08. The third-order valence-electron chi connectivity index (χ3n) is 2.11. The Bertz CT molecular complexity index is 431. The molecule has 0 saturated carbocycles. The van der Waals surface area contributed by atoms with Crippen LogP contribution in [0.3, 0.4) is 0 Å². The minimum absolute atomic E-state index is 0.236. The molecule has 1 aromatic carbocycles. The van der Waals surface area contributed by atoms with E-state index < -0.39 is 22.9 Å². The van der Waals surface area contributed by atoms with Crippen LogP contribution in [0.25, 0.3) is 0 Å². The van der Waals surface area contributed by atoms with E-state index in [1.165, 1.54) is 12.1 Å². The van der Waals surface area contributed by atoms with E-state index >= 15 is 0 Å². The molecular weight excluding hydrogens is 235 g/mol. The van der Waals surface area contributed by atoms with Gasteiger partial charge in [-0.05, 0) is 24.1 Å². The highest BCUT2D eigenvalue weighted by atomic mass is 35.5. The fourth-order valence-electron chi connectivity index (χ4n) is 1.12. The SMILES string of the molecule is COC(=O)C(=O)C(Cl)c1ccc(C)c(F)c1. The zero-order chi connectivity index (χ0) is 12.3. The summed E-state index contributed by atoms with van der Waals surface area (Å²) in [4.78, 5) is 22.3. The number of halogens is 2. The van der Waals surface area contributed by atoms with Crippen LogP contribution in [0.2, 0.25) is 0 Å². The Kier molecular flexibility index (Phi) is 4.01. The Balaban J connectivity index is 2.96. The molecular formula is C11H10ClFO3. The number of carbonyl (C=O) groups is 2. The molecule has 86 valence electrons. The predicted octanol–water partition coefficient (Wildman–Crippen LogP) is 2.16. The summed E-state index contributed by atoms with van der Waals surface area (Å²) in [5.74, 6) is -2.42. The van der Waals surface area contributed by atoms with Crippen LogP contribution in [0.4, 0.5) is 4.39 Å². The van der Waals surface area contributed by atoms with Gasteiger partial charge in [-0.2, -0.15) is 0 Å². The number of aryl methyl sites for hydroxylation is 1. The summed E-state index contributed by atoms with van der Waals surface area (Å²) in [6, 6.07) is 4.12. The molecule has 1 aromatic rings. The standard InChI is InChI=1S/C11H10ClFO3/c1-6-3-4-7(5-8(6)13)9(12)10(14)11(15)16-2/h3-5,9H,1-2H3. The Labute approximate surface area is 97.2 Å². The molecule has 1 rings (SSSR count). The van der Waals surface area contributed by atoms with Gasteiger partial charge in [0.1, 0.15) is 11.2 Å². The van der Waals surface area contributed by atoms with E-state index in [0.717, 1.165) is 13.2 Å². The van der Waals surface area contributed by atoms with E-state index in [2.05, 4.69) is 4.74 Å². The molecule has 0 radical (unpaired) electrons. The van der Waals surface area contributed by atoms with Gasteiger partial charge in [0.15, 0.2) is 0 Å². The van der Waals surface area contributed by atoms with Crippen LogP contribution in [0.1, 0.15) is 16.5 Å². The van der Waals surface area contributed by atoms with E-state index in [0.29, 0.717) is 5.56 Å². The van der Waals surface area contributed by atoms with Gasteiger partial charge < -0.3 is 4.74 Å². The van der Waals surface area contributed by atoms with Gasteiger partial charge >= 0.3 is 5.97 Å². The largest absolute Gasteiger partial charge is 0.463 e. The van der Waals surface area contributed by atoms with Gasteiger partial charge in [-0.15, -0.1) is 11.6 Å². The van der Waals surface area contributed by atoms with Crippen molar-refractivity contribution < 1.29 is 18.7 Å². The molecule has 0 spiro atoms. The van der Waals surface area contributed by atoms with Crippen LogP contribution in [0.15, 0.2) is 18.2 Å². The van der Waals surface area contributed by atoms with E-state index in [1.807, 2.05) is 0 Å². The number of methoxy groups -OCH3 is 1. The summed E-state index contributed by atoms with van der Waals surface area (Å²) >= 11 is 5.74. The van der Waals surface area contributed by atoms with Crippen molar-refractivity contribution in [1.29, 1.82) is 0 Å². The van der Waals surface area contributed by atoms with Gasteiger partial charge in [0.2, 0.25) is 0 Å². The van der Waals surface area contributed by atoms with Crippen LogP contribution in [-0.2, 0) is 14.3 Å². The Morgan fingerprint density at radius 2 is 2.06 bits per heavy atom. The summed E-state index contributed by atoms with van der Waals surface area (Å²) < 4.78 is 17.4. The highest BCUT2D eigenvalue weighted by Crippen LogP contribution is 2.23. The zero-order valence-corrected chi connectivity index (χ0v) is 9.55. The fraction of sp³-hybridized carbons (Fsp3) is 0.273. The third-order valence-corrected chi connectivity index (χ3v) is 2.56. The van der Waals surface area contributed by atoms with Crippen molar-refractivity contribution in [1.82, 2.24) is 0 Å². The van der Waals surface area contributed by atoms with Crippen LogP contribution in [0.5, 0.6) is 0 Å². The number of rotatable bonds is 3. The zero-order valence-electron chi connectivity index (χ0n) is 8.79. The second kappa shape index (κ2) is 5.07. The lowest BCUT2D eigenvalue weighted by atomic mass is 10.1. The number of hydrogen-bond donors (Lipinski definition) is 0. The summed E-state index contributed by atoms with van der Waals surface area (Å²) in [6.45, 7) is 1.59. The number of carbonyl (C=O) groups excluding carboxylic acids is 2. The van der Waals surface area contributed by atoms with Crippen molar-refractivity contribution in [2.24, 2.45) is 0 Å². The quantitative estimate of drug-likeness (QED) is 0.465. The van der Waals surface area contributed by atoms with Gasteiger partial charge in [-0.3, -0.25) is 4.79 Å². The van der Waals surface area contributed by atoms with E-state index in [-0.39, 0.29) is 5.56 Å². The van der Waals surface area contributed by atoms with E-state index in [9.17, 15) is 14.0 Å². The van der Waals surface area contributed by atoms with Gasteiger partial charge in [-0.1, -0.05) is 12.1 Å². The van der Waals surface area contributed by atoms with Crippen molar-refractivity contribution in [3.63, 3.8) is 0 Å². The van der Waals surface area contributed by atoms with Crippen molar-refractivity contribution in [2.45, 2.75) is 12.3 Å². The first-order chi connectivity index (χ1) is 7.47. The fourth-order valence-corrected chi connectivity index (χ4v) is 1.35. The molecule has 0 fully saturated rings. The summed E-state index contributed by atoms with van der Waals surface area (Å²) in [7, 11) is 1.08. The topological polar surface area (TPSA) is 43.4 Å². The van der Waals surface area contributed by atoms with E-state index in [1.54, 1.807) is 6.92 Å². The van der Waals surface area contributed by atoms with Crippen molar-refractivity contribution >= 4 is 23.4 Å². The maximum absolute atomic E-state index is 13.2. The number of hydrogen-bond acceptors (Lipinski definition) is 3. The second-order valence-corrected chi connectivity index (χ2v) is 3.66. The molecule has 0 N–H and O–H groups in total. The van der Waals surface area contributed by atoms with Gasteiger partial charge in [0, 0.05) is 0 Å². The molecule has 1 atom stereocenters. The number of ketones is 1. The van der Waals surface area contributed by atoms with Crippen molar-refractivity contribution in [3.05, 3.63) is 35.1 Å². The van der Waals surface area contributed by atoms with Crippen LogP contribution in [-0.4, -0.2) is 18.9 Å². The van der Waals surface area contributed by atoms with Crippen LogP contribution >= 0.6 is 11.6 Å². The maximum atomic E-state index is 13.2. The number of Topliss-reactive ketones (excluding diaryl/α,β-unsaturated/α-hetero) is 1. The Morgan fingerprint density at radius 3 is 2.56 bits per heavy atom. The highest BCUT2D eigenvalue weighted by molar-refractivity contribution is 6.47. The average Bonchev–Trinajstić information content (AvgIpc) is 2.29. The van der Waals surface area contributed by atoms with E-state index in [4.69, 9.17) is 11.6 Å². The van der Waals surface area contributed by atoms with Crippen molar-refractivity contribution in [2.75, 3.05) is 7.11 Å². The molecule has 3 nitrogen and oxygen atoms in total. The number of ether oxygens (including phenoxy) is 1. The number of alkyl halides is 1. The molecule has 0 amide bonds. The second-order valence-electron chi connectivity index (χ2n) is 3.23. The smallest absolute Gasteiger partial charge is 0.376 e. The monoisotopic (exact) mass is 244 g/mol. The molecule has 5 heteroatoms. The first kappa shape index (κ1) is 12.6. The first-order valence-electron chi connectivity index (χ1n) is 4.49. The molecule has 0 aliphatic rings. The predicted molar refractivity (Wildman–Crippen MR) is 56.8 cm³/mol. The average molecular weight is 245 g/mol. The third kappa shape index (κ3) is 2.58. The van der Waals surface area contributed by atoms with Gasteiger partial charge in [0.05, 0.1) is 7.11 Å². The Morgan fingerprint density at radius 1 is 1.44 bits per heavy atom. The lowest BCUT2D eigenvalue weighted by Crippen LogP contribution is -2.20. The molecule has 16 heavy (non-hydrogen) atoms. The maximum Gasteiger partial charge on any atom is 0.376 e.